The van der Waals surface area contributed by atoms with Crippen molar-refractivity contribution in [2.24, 2.45) is 17.8 Å². The number of hydrogen-bond donors (Lipinski definition) is 1. The van der Waals surface area contributed by atoms with Gasteiger partial charge in [-0.1, -0.05) is 45.4 Å². The summed E-state index contributed by atoms with van der Waals surface area (Å²) in [5.41, 5.74) is 0. The minimum atomic E-state index is -3.56. The zero-order chi connectivity index (χ0) is 19.4. The summed E-state index contributed by atoms with van der Waals surface area (Å²) in [4.78, 5) is 0. The van der Waals surface area contributed by atoms with Crippen LogP contribution in [0.2, 0.25) is 0 Å². The van der Waals surface area contributed by atoms with Crippen LogP contribution in [0.15, 0.2) is 54.6 Å². The Morgan fingerprint density at radius 1 is 1.04 bits per heavy atom. The molecule has 2 aromatic rings. The van der Waals surface area contributed by atoms with E-state index in [1.807, 2.05) is 18.2 Å². The molecule has 0 unspecified atom stereocenters. The van der Waals surface area contributed by atoms with Gasteiger partial charge in [0.1, 0.15) is 11.5 Å². The second-order valence-corrected chi connectivity index (χ2v) is 9.79. The number of hydrogen-bond acceptors (Lipinski definition) is 4. The molecule has 1 fully saturated rings. The quantitative estimate of drug-likeness (QED) is 0.639. The standard InChI is InChI=1S/C22H29O4P/c1-16(2)21-14-9-17(3)15-22(21)26-27(24,20-7-5-4-6-8-20)25-19-12-10-18(23)11-13-19/h4-8,10-13,16-17,21-23H,9,14-15H2,1-3H3/t17-,21+,22-,27-/m1/s1. The molecule has 0 saturated heterocycles. The smallest absolute Gasteiger partial charge is 0.411 e. The summed E-state index contributed by atoms with van der Waals surface area (Å²) in [7, 11) is -3.56. The van der Waals surface area contributed by atoms with Crippen LogP contribution in [0.5, 0.6) is 11.5 Å². The van der Waals surface area contributed by atoms with Gasteiger partial charge in [0.15, 0.2) is 0 Å². The summed E-state index contributed by atoms with van der Waals surface area (Å²) in [6.07, 6.45) is 3.05. The third-order valence-corrected chi connectivity index (χ3v) is 7.30. The highest BCUT2D eigenvalue weighted by Gasteiger charge is 2.39. The Hall–Kier alpha value is -1.77. The molecule has 0 aliphatic heterocycles. The highest BCUT2D eigenvalue weighted by atomic mass is 31.2. The molecule has 0 bridgehead atoms. The van der Waals surface area contributed by atoms with Crippen molar-refractivity contribution in [1.29, 1.82) is 0 Å². The highest BCUT2D eigenvalue weighted by molar-refractivity contribution is 7.62. The van der Waals surface area contributed by atoms with Gasteiger partial charge in [0.05, 0.1) is 11.4 Å². The van der Waals surface area contributed by atoms with Crippen LogP contribution in [0.25, 0.3) is 0 Å². The zero-order valence-corrected chi connectivity index (χ0v) is 17.1. The van der Waals surface area contributed by atoms with Gasteiger partial charge < -0.3 is 9.63 Å². The molecule has 0 spiro atoms. The predicted octanol–water partition coefficient (Wildman–Crippen LogP) is 5.77. The highest BCUT2D eigenvalue weighted by Crippen LogP contribution is 2.52. The fraction of sp³-hybridized carbons (Fsp3) is 0.455. The Morgan fingerprint density at radius 3 is 2.33 bits per heavy atom. The zero-order valence-electron chi connectivity index (χ0n) is 16.2. The van der Waals surface area contributed by atoms with Crippen molar-refractivity contribution in [1.82, 2.24) is 0 Å². The first-order chi connectivity index (χ1) is 12.9. The Labute approximate surface area is 162 Å². The van der Waals surface area contributed by atoms with E-state index in [0.29, 0.717) is 28.8 Å². The number of rotatable bonds is 6. The molecule has 0 aromatic heterocycles. The topological polar surface area (TPSA) is 55.8 Å². The van der Waals surface area contributed by atoms with Gasteiger partial charge in [-0.05, 0) is 67.0 Å². The van der Waals surface area contributed by atoms with Gasteiger partial charge >= 0.3 is 7.60 Å². The lowest BCUT2D eigenvalue weighted by Crippen LogP contribution is -2.35. The van der Waals surface area contributed by atoms with Gasteiger partial charge in [0.2, 0.25) is 0 Å². The first kappa shape index (κ1) is 20.0. The largest absolute Gasteiger partial charge is 0.508 e. The van der Waals surface area contributed by atoms with Gasteiger partial charge in [-0.25, -0.2) is 4.57 Å². The summed E-state index contributed by atoms with van der Waals surface area (Å²) in [5, 5.41) is 10.1. The molecule has 5 heteroatoms. The van der Waals surface area contributed by atoms with Gasteiger partial charge in [-0.2, -0.15) is 0 Å². The SMILES string of the molecule is CC(C)[C@@H]1CC[C@@H](C)C[C@H]1O[P@](=O)(Oc1ccc(O)cc1)c1ccccc1. The summed E-state index contributed by atoms with van der Waals surface area (Å²) in [6.45, 7) is 6.62. The first-order valence-corrected chi connectivity index (χ1v) is 11.2. The molecule has 1 aliphatic rings. The Balaban J connectivity index is 1.91. The van der Waals surface area contributed by atoms with Crippen LogP contribution >= 0.6 is 7.60 Å². The molecule has 2 aromatic carbocycles. The molecule has 4 atom stereocenters. The van der Waals surface area contributed by atoms with Gasteiger partial charge in [-0.3, -0.25) is 4.52 Å². The second-order valence-electron chi connectivity index (χ2n) is 7.89. The first-order valence-electron chi connectivity index (χ1n) is 9.70. The summed E-state index contributed by atoms with van der Waals surface area (Å²) in [5.74, 6) is 1.92. The molecule has 0 radical (unpaired) electrons. The summed E-state index contributed by atoms with van der Waals surface area (Å²) in [6, 6.07) is 15.4. The number of phenolic OH excluding ortho intramolecular Hbond substituents is 1. The van der Waals surface area contributed by atoms with Crippen LogP contribution < -0.4 is 9.83 Å². The van der Waals surface area contributed by atoms with Crippen molar-refractivity contribution in [3.63, 3.8) is 0 Å². The lowest BCUT2D eigenvalue weighted by atomic mass is 9.75. The van der Waals surface area contributed by atoms with Crippen LogP contribution in [0, 0.1) is 17.8 Å². The molecule has 0 amide bonds. The number of aromatic hydroxyl groups is 1. The van der Waals surface area contributed by atoms with Gasteiger partial charge in [0.25, 0.3) is 0 Å². The van der Waals surface area contributed by atoms with Crippen molar-refractivity contribution < 1.29 is 18.7 Å². The second kappa shape index (κ2) is 8.50. The summed E-state index contributed by atoms with van der Waals surface area (Å²) < 4.78 is 26.2. The Morgan fingerprint density at radius 2 is 1.70 bits per heavy atom. The molecule has 4 nitrogen and oxygen atoms in total. The normalized spacial score (nSPS) is 25.1. The number of benzene rings is 2. The maximum atomic E-state index is 13.9. The molecule has 1 N–H and O–H groups in total. The third kappa shape index (κ3) is 4.94. The molecule has 27 heavy (non-hydrogen) atoms. The Bertz CT molecular complexity index is 773. The van der Waals surface area contributed by atoms with Crippen LogP contribution in [0.3, 0.4) is 0 Å². The van der Waals surface area contributed by atoms with E-state index in [1.165, 1.54) is 18.6 Å². The van der Waals surface area contributed by atoms with Crippen molar-refractivity contribution in [3.05, 3.63) is 54.6 Å². The van der Waals surface area contributed by atoms with E-state index < -0.39 is 7.60 Å². The average Bonchev–Trinajstić information content (AvgIpc) is 2.64. The van der Waals surface area contributed by atoms with Gasteiger partial charge in [-0.15, -0.1) is 0 Å². The average molecular weight is 388 g/mol. The lowest BCUT2D eigenvalue weighted by Gasteiger charge is -2.38. The third-order valence-electron chi connectivity index (χ3n) is 5.37. The van der Waals surface area contributed by atoms with Crippen molar-refractivity contribution >= 4 is 12.9 Å². The minimum Gasteiger partial charge on any atom is -0.508 e. The molecular formula is C22H29O4P. The fourth-order valence-corrected chi connectivity index (χ4v) is 5.61. The van der Waals surface area contributed by atoms with E-state index in [2.05, 4.69) is 20.8 Å². The summed E-state index contributed by atoms with van der Waals surface area (Å²) >= 11 is 0. The van der Waals surface area contributed by atoms with Crippen LogP contribution in [0.4, 0.5) is 0 Å². The molecule has 0 heterocycles. The molecule has 1 aliphatic carbocycles. The van der Waals surface area contributed by atoms with Crippen LogP contribution in [-0.2, 0) is 9.09 Å². The van der Waals surface area contributed by atoms with Crippen molar-refractivity contribution in [3.8, 4) is 11.5 Å². The monoisotopic (exact) mass is 388 g/mol. The molecular weight excluding hydrogens is 359 g/mol. The van der Waals surface area contributed by atoms with E-state index in [0.717, 1.165) is 12.8 Å². The molecule has 1 saturated carbocycles. The van der Waals surface area contributed by atoms with E-state index in [-0.39, 0.29) is 11.9 Å². The van der Waals surface area contributed by atoms with E-state index in [1.54, 1.807) is 24.3 Å². The maximum Gasteiger partial charge on any atom is 0.411 e. The minimum absolute atomic E-state index is 0.100. The van der Waals surface area contributed by atoms with Crippen molar-refractivity contribution in [2.45, 2.75) is 46.1 Å². The van der Waals surface area contributed by atoms with E-state index in [4.69, 9.17) is 9.05 Å². The Kier molecular flexibility index (Phi) is 6.29. The molecule has 146 valence electrons. The predicted molar refractivity (Wildman–Crippen MR) is 109 cm³/mol. The lowest BCUT2D eigenvalue weighted by molar-refractivity contribution is 0.0414. The van der Waals surface area contributed by atoms with E-state index in [9.17, 15) is 9.67 Å². The van der Waals surface area contributed by atoms with Crippen LogP contribution in [-0.4, -0.2) is 11.2 Å². The molecule has 3 rings (SSSR count). The fourth-order valence-electron chi connectivity index (χ4n) is 3.81. The van der Waals surface area contributed by atoms with Gasteiger partial charge in [0, 0.05) is 0 Å². The van der Waals surface area contributed by atoms with Crippen LogP contribution in [0.1, 0.15) is 40.0 Å². The van der Waals surface area contributed by atoms with E-state index >= 15 is 0 Å². The van der Waals surface area contributed by atoms with Crippen molar-refractivity contribution in [2.75, 3.05) is 0 Å². The maximum absolute atomic E-state index is 13.9. The number of phenols is 1.